The number of likely N-dealkylation sites (tertiary alicyclic amines) is 1. The third-order valence-electron chi connectivity index (χ3n) is 8.02. The van der Waals surface area contributed by atoms with Crippen LogP contribution >= 0.6 is 23.4 Å². The zero-order valence-corrected chi connectivity index (χ0v) is 26.9. The molecule has 1 aliphatic heterocycles. The van der Waals surface area contributed by atoms with Crippen molar-refractivity contribution in [2.45, 2.75) is 68.1 Å². The van der Waals surface area contributed by atoms with Crippen molar-refractivity contribution in [2.24, 2.45) is 0 Å². The molecule has 1 fully saturated rings. The number of amides is 1. The van der Waals surface area contributed by atoms with Crippen molar-refractivity contribution in [3.05, 3.63) is 101 Å². The standard InChI is InChI=1S/C35H39ClN2O4S/c1-34(2,3)42-33(39)38-18-17-35(40,22-27(38)19-23-9-7-6-8-10-23)31(24-11-13-26(36)14-12-24)29-21-25-20-28(43-5)15-16-30(25)37-32(29)41-4/h6-16,20-21,27,31,40H,17-19,22H2,1-5H3. The van der Waals surface area contributed by atoms with Crippen molar-refractivity contribution in [2.75, 3.05) is 19.9 Å². The molecule has 5 rings (SSSR count). The van der Waals surface area contributed by atoms with Crippen LogP contribution in [0.15, 0.2) is 83.8 Å². The molecular weight excluding hydrogens is 580 g/mol. The van der Waals surface area contributed by atoms with E-state index in [1.807, 2.05) is 81.6 Å². The Bertz CT molecular complexity index is 1580. The second-order valence-electron chi connectivity index (χ2n) is 12.2. The maximum atomic E-state index is 13.5. The minimum atomic E-state index is -1.23. The lowest BCUT2D eigenvalue weighted by molar-refractivity contribution is -0.0630. The lowest BCUT2D eigenvalue weighted by atomic mass is 9.70. The Morgan fingerprint density at radius 1 is 1.12 bits per heavy atom. The Morgan fingerprint density at radius 2 is 1.84 bits per heavy atom. The van der Waals surface area contributed by atoms with Crippen molar-refractivity contribution in [1.29, 1.82) is 0 Å². The number of aliphatic hydroxyl groups is 1. The molecule has 3 atom stereocenters. The Morgan fingerprint density at radius 3 is 2.49 bits per heavy atom. The number of benzene rings is 3. The van der Waals surface area contributed by atoms with E-state index in [2.05, 4.69) is 24.3 Å². The first-order valence-corrected chi connectivity index (χ1v) is 16.1. The average Bonchev–Trinajstić information content (AvgIpc) is 2.97. The smallest absolute Gasteiger partial charge is 0.410 e. The zero-order valence-electron chi connectivity index (χ0n) is 25.3. The fraction of sp³-hybridized carbons (Fsp3) is 0.371. The lowest BCUT2D eigenvalue weighted by Gasteiger charge is -2.47. The van der Waals surface area contributed by atoms with E-state index in [0.29, 0.717) is 36.7 Å². The summed E-state index contributed by atoms with van der Waals surface area (Å²) in [5, 5.41) is 14.4. The van der Waals surface area contributed by atoms with Gasteiger partial charge in [0.2, 0.25) is 5.88 Å². The average molecular weight is 619 g/mol. The highest BCUT2D eigenvalue weighted by atomic mass is 35.5. The van der Waals surface area contributed by atoms with Crippen molar-refractivity contribution in [3.8, 4) is 5.88 Å². The van der Waals surface area contributed by atoms with E-state index >= 15 is 0 Å². The monoisotopic (exact) mass is 618 g/mol. The van der Waals surface area contributed by atoms with Crippen LogP contribution < -0.4 is 4.74 Å². The molecular formula is C35H39ClN2O4S. The van der Waals surface area contributed by atoms with Gasteiger partial charge in [-0.25, -0.2) is 9.78 Å². The summed E-state index contributed by atoms with van der Waals surface area (Å²) in [4.78, 5) is 21.2. The topological polar surface area (TPSA) is 71.9 Å². The number of piperidine rings is 1. The van der Waals surface area contributed by atoms with Crippen molar-refractivity contribution in [1.82, 2.24) is 9.88 Å². The molecule has 4 aromatic rings. The van der Waals surface area contributed by atoms with Gasteiger partial charge in [-0.3, -0.25) is 0 Å². The van der Waals surface area contributed by atoms with E-state index in [0.717, 1.165) is 32.5 Å². The number of aromatic nitrogens is 1. The second kappa shape index (κ2) is 12.8. The minimum Gasteiger partial charge on any atom is -0.481 e. The Balaban J connectivity index is 1.62. The quantitative estimate of drug-likeness (QED) is 0.211. The van der Waals surface area contributed by atoms with E-state index in [-0.39, 0.29) is 12.1 Å². The number of carbonyl (C=O) groups excluding carboxylic acids is 1. The van der Waals surface area contributed by atoms with Gasteiger partial charge in [0.15, 0.2) is 0 Å². The van der Waals surface area contributed by atoms with Gasteiger partial charge in [0.1, 0.15) is 5.60 Å². The molecule has 1 aliphatic rings. The van der Waals surface area contributed by atoms with Crippen LogP contribution in [0.25, 0.3) is 10.9 Å². The summed E-state index contributed by atoms with van der Waals surface area (Å²) in [7, 11) is 1.61. The Kier molecular flexibility index (Phi) is 9.26. The molecule has 0 aliphatic carbocycles. The van der Waals surface area contributed by atoms with Crippen molar-refractivity contribution in [3.63, 3.8) is 0 Å². The maximum absolute atomic E-state index is 13.5. The van der Waals surface area contributed by atoms with Crippen LogP contribution in [0.3, 0.4) is 0 Å². The summed E-state index contributed by atoms with van der Waals surface area (Å²) < 4.78 is 11.7. The van der Waals surface area contributed by atoms with Crippen LogP contribution in [0, 0.1) is 0 Å². The molecule has 1 aromatic heterocycles. The van der Waals surface area contributed by atoms with Gasteiger partial charge in [-0.1, -0.05) is 54.1 Å². The molecule has 3 unspecified atom stereocenters. The number of pyridine rings is 1. The highest BCUT2D eigenvalue weighted by Gasteiger charge is 2.48. The molecule has 0 radical (unpaired) electrons. The highest BCUT2D eigenvalue weighted by Crippen LogP contribution is 2.47. The minimum absolute atomic E-state index is 0.298. The van der Waals surface area contributed by atoms with Crippen LogP contribution in [-0.2, 0) is 11.2 Å². The van der Waals surface area contributed by atoms with Gasteiger partial charge in [0.05, 0.1) is 18.2 Å². The number of hydrogen-bond donors (Lipinski definition) is 1. The van der Waals surface area contributed by atoms with Crippen LogP contribution in [0.1, 0.15) is 56.2 Å². The number of halogens is 1. The summed E-state index contributed by atoms with van der Waals surface area (Å²) >= 11 is 7.98. The van der Waals surface area contributed by atoms with Crippen LogP contribution in [-0.4, -0.2) is 58.2 Å². The molecule has 1 amide bonds. The maximum Gasteiger partial charge on any atom is 0.410 e. The predicted octanol–water partition coefficient (Wildman–Crippen LogP) is 8.12. The summed E-state index contributed by atoms with van der Waals surface area (Å²) in [6.45, 7) is 5.95. The molecule has 6 nitrogen and oxygen atoms in total. The molecule has 0 bridgehead atoms. The molecule has 3 aromatic carbocycles. The summed E-state index contributed by atoms with van der Waals surface area (Å²) in [5.41, 5.74) is 1.74. The van der Waals surface area contributed by atoms with E-state index in [1.165, 1.54) is 0 Å². The molecule has 0 spiro atoms. The van der Waals surface area contributed by atoms with Gasteiger partial charge in [-0.2, -0.15) is 0 Å². The molecule has 2 heterocycles. The van der Waals surface area contributed by atoms with Crippen LogP contribution in [0.4, 0.5) is 4.79 Å². The summed E-state index contributed by atoms with van der Waals surface area (Å²) in [5.74, 6) is -0.0272. The second-order valence-corrected chi connectivity index (χ2v) is 13.5. The van der Waals surface area contributed by atoms with E-state index < -0.39 is 17.1 Å². The van der Waals surface area contributed by atoms with Gasteiger partial charge >= 0.3 is 6.09 Å². The lowest BCUT2D eigenvalue weighted by Crippen LogP contribution is -2.56. The third kappa shape index (κ3) is 7.11. The van der Waals surface area contributed by atoms with Gasteiger partial charge in [-0.15, -0.1) is 11.8 Å². The van der Waals surface area contributed by atoms with Crippen molar-refractivity contribution >= 4 is 40.4 Å². The number of rotatable bonds is 7. The van der Waals surface area contributed by atoms with Gasteiger partial charge in [-0.05, 0) is 93.8 Å². The van der Waals surface area contributed by atoms with Crippen molar-refractivity contribution < 1.29 is 19.4 Å². The Labute approximate surface area is 263 Å². The van der Waals surface area contributed by atoms with Crippen LogP contribution in [0.5, 0.6) is 5.88 Å². The highest BCUT2D eigenvalue weighted by molar-refractivity contribution is 7.98. The first kappa shape index (κ1) is 31.2. The molecule has 0 saturated carbocycles. The number of nitrogens with zero attached hydrogens (tertiary/aromatic N) is 2. The largest absolute Gasteiger partial charge is 0.481 e. The Hall–Kier alpha value is -3.26. The normalized spacial score (nSPS) is 19.7. The zero-order chi connectivity index (χ0) is 30.8. The number of ether oxygens (including phenoxy) is 2. The first-order valence-electron chi connectivity index (χ1n) is 14.5. The number of hydrogen-bond acceptors (Lipinski definition) is 6. The van der Waals surface area contributed by atoms with E-state index in [1.54, 1.807) is 23.8 Å². The first-order chi connectivity index (χ1) is 20.5. The van der Waals surface area contributed by atoms with E-state index in [4.69, 9.17) is 26.1 Å². The fourth-order valence-corrected chi connectivity index (χ4v) is 6.67. The molecule has 1 N–H and O–H groups in total. The summed E-state index contributed by atoms with van der Waals surface area (Å²) in [6.07, 6.45) is 2.94. The molecule has 226 valence electrons. The predicted molar refractivity (Wildman–Crippen MR) is 174 cm³/mol. The summed E-state index contributed by atoms with van der Waals surface area (Å²) in [6, 6.07) is 25.6. The number of fused-ring (bicyclic) bond motifs is 1. The van der Waals surface area contributed by atoms with Gasteiger partial charge in [0, 0.05) is 39.4 Å². The fourth-order valence-electron chi connectivity index (χ4n) is 6.09. The number of carbonyl (C=O) groups is 1. The van der Waals surface area contributed by atoms with Crippen LogP contribution in [0.2, 0.25) is 5.02 Å². The molecule has 8 heteroatoms. The SMILES string of the molecule is COc1nc2ccc(SC)cc2cc1C(c1ccc(Cl)cc1)C1(O)CCN(C(=O)OC(C)(C)C)C(Cc2ccccc2)C1. The number of thioether (sulfide) groups is 1. The van der Waals surface area contributed by atoms with Gasteiger partial charge < -0.3 is 19.5 Å². The van der Waals surface area contributed by atoms with Gasteiger partial charge in [0.25, 0.3) is 0 Å². The van der Waals surface area contributed by atoms with E-state index in [9.17, 15) is 9.90 Å². The number of methoxy groups -OCH3 is 1. The third-order valence-corrected chi connectivity index (χ3v) is 8.99. The molecule has 1 saturated heterocycles. The molecule has 43 heavy (non-hydrogen) atoms.